The predicted molar refractivity (Wildman–Crippen MR) is 56.2 cm³/mol. The summed E-state index contributed by atoms with van der Waals surface area (Å²) < 4.78 is 0. The fourth-order valence-electron chi connectivity index (χ4n) is 1.98. The van der Waals surface area contributed by atoms with Gasteiger partial charge in [0.1, 0.15) is 0 Å². The molecule has 1 N–H and O–H groups in total. The van der Waals surface area contributed by atoms with E-state index < -0.39 is 0 Å². The van der Waals surface area contributed by atoms with Gasteiger partial charge < -0.3 is 5.32 Å². The SMILES string of the molecule is Cc1cc(Cl)ccc1C1CCCN1. The van der Waals surface area contributed by atoms with Gasteiger partial charge in [0.2, 0.25) is 0 Å². The van der Waals surface area contributed by atoms with Gasteiger partial charge in [-0.25, -0.2) is 0 Å². The normalized spacial score (nSPS) is 22.2. The minimum Gasteiger partial charge on any atom is -0.310 e. The first-order chi connectivity index (χ1) is 6.27. The molecule has 0 spiro atoms. The highest BCUT2D eigenvalue weighted by atomic mass is 35.5. The van der Waals surface area contributed by atoms with Crippen molar-refractivity contribution in [2.24, 2.45) is 0 Å². The van der Waals surface area contributed by atoms with Crippen LogP contribution >= 0.6 is 11.6 Å². The quantitative estimate of drug-likeness (QED) is 0.727. The van der Waals surface area contributed by atoms with Crippen LogP contribution in [0.5, 0.6) is 0 Å². The maximum Gasteiger partial charge on any atom is 0.0408 e. The third-order valence-corrected chi connectivity index (χ3v) is 2.90. The third-order valence-electron chi connectivity index (χ3n) is 2.67. The van der Waals surface area contributed by atoms with Crippen LogP contribution in [-0.4, -0.2) is 6.54 Å². The van der Waals surface area contributed by atoms with Crippen molar-refractivity contribution in [3.8, 4) is 0 Å². The molecule has 0 saturated carbocycles. The molecule has 1 aliphatic rings. The Labute approximate surface area is 84.1 Å². The minimum atomic E-state index is 0.553. The van der Waals surface area contributed by atoms with E-state index in [9.17, 15) is 0 Å². The number of benzene rings is 1. The van der Waals surface area contributed by atoms with Gasteiger partial charge in [-0.05, 0) is 49.6 Å². The average Bonchev–Trinajstić information content (AvgIpc) is 2.56. The first kappa shape index (κ1) is 9.04. The summed E-state index contributed by atoms with van der Waals surface area (Å²) in [5.74, 6) is 0. The number of nitrogens with one attached hydrogen (secondary N) is 1. The van der Waals surface area contributed by atoms with E-state index in [4.69, 9.17) is 11.6 Å². The van der Waals surface area contributed by atoms with Gasteiger partial charge in [0.05, 0.1) is 0 Å². The van der Waals surface area contributed by atoms with E-state index in [0.717, 1.165) is 11.6 Å². The molecule has 2 heteroatoms. The maximum absolute atomic E-state index is 5.90. The van der Waals surface area contributed by atoms with Crippen molar-refractivity contribution in [1.82, 2.24) is 5.32 Å². The lowest BCUT2D eigenvalue weighted by Gasteiger charge is -2.13. The van der Waals surface area contributed by atoms with Crippen molar-refractivity contribution in [3.05, 3.63) is 34.3 Å². The van der Waals surface area contributed by atoms with Crippen LogP contribution in [0.3, 0.4) is 0 Å². The second kappa shape index (κ2) is 3.69. The summed E-state index contributed by atoms with van der Waals surface area (Å²) in [6, 6.07) is 6.71. The predicted octanol–water partition coefficient (Wildman–Crippen LogP) is 3.07. The summed E-state index contributed by atoms with van der Waals surface area (Å²) in [6.07, 6.45) is 2.54. The van der Waals surface area contributed by atoms with Crippen LogP contribution < -0.4 is 5.32 Å². The first-order valence-corrected chi connectivity index (χ1v) is 5.14. The van der Waals surface area contributed by atoms with Crippen LogP contribution in [0.25, 0.3) is 0 Å². The summed E-state index contributed by atoms with van der Waals surface area (Å²) in [5, 5.41) is 4.32. The van der Waals surface area contributed by atoms with Gasteiger partial charge in [0.15, 0.2) is 0 Å². The zero-order chi connectivity index (χ0) is 9.26. The van der Waals surface area contributed by atoms with E-state index in [-0.39, 0.29) is 0 Å². The molecule has 0 aliphatic carbocycles. The molecule has 70 valence electrons. The Morgan fingerprint density at radius 2 is 2.31 bits per heavy atom. The largest absolute Gasteiger partial charge is 0.310 e. The molecule has 2 rings (SSSR count). The number of halogens is 1. The highest BCUT2D eigenvalue weighted by molar-refractivity contribution is 6.30. The molecule has 1 atom stereocenters. The van der Waals surface area contributed by atoms with Crippen molar-refractivity contribution in [2.75, 3.05) is 6.54 Å². The fraction of sp³-hybridized carbons (Fsp3) is 0.455. The highest BCUT2D eigenvalue weighted by Crippen LogP contribution is 2.27. The lowest BCUT2D eigenvalue weighted by Crippen LogP contribution is -2.13. The van der Waals surface area contributed by atoms with Crippen molar-refractivity contribution in [3.63, 3.8) is 0 Å². The molecule has 1 aromatic carbocycles. The van der Waals surface area contributed by atoms with Crippen LogP contribution in [0.4, 0.5) is 0 Å². The molecule has 1 saturated heterocycles. The summed E-state index contributed by atoms with van der Waals surface area (Å²) in [5.41, 5.74) is 2.70. The molecular weight excluding hydrogens is 182 g/mol. The summed E-state index contributed by atoms with van der Waals surface area (Å²) in [6.45, 7) is 3.27. The average molecular weight is 196 g/mol. The molecule has 0 amide bonds. The Kier molecular flexibility index (Phi) is 2.56. The number of aryl methyl sites for hydroxylation is 1. The van der Waals surface area contributed by atoms with Crippen molar-refractivity contribution in [1.29, 1.82) is 0 Å². The van der Waals surface area contributed by atoms with Gasteiger partial charge in [-0.3, -0.25) is 0 Å². The molecule has 1 aromatic rings. The van der Waals surface area contributed by atoms with E-state index in [2.05, 4.69) is 18.3 Å². The summed E-state index contributed by atoms with van der Waals surface area (Å²) in [7, 11) is 0. The van der Waals surface area contributed by atoms with Gasteiger partial charge in [0.25, 0.3) is 0 Å². The topological polar surface area (TPSA) is 12.0 Å². The van der Waals surface area contributed by atoms with Gasteiger partial charge in [-0.2, -0.15) is 0 Å². The Morgan fingerprint density at radius 1 is 1.46 bits per heavy atom. The Hall–Kier alpha value is -0.530. The van der Waals surface area contributed by atoms with Crippen molar-refractivity contribution >= 4 is 11.6 Å². The van der Waals surface area contributed by atoms with E-state index in [0.29, 0.717) is 6.04 Å². The van der Waals surface area contributed by atoms with Crippen LogP contribution in [0.1, 0.15) is 30.0 Å². The lowest BCUT2D eigenvalue weighted by atomic mass is 10.0. The molecule has 13 heavy (non-hydrogen) atoms. The second-order valence-corrected chi connectivity index (χ2v) is 4.09. The zero-order valence-corrected chi connectivity index (χ0v) is 8.56. The Balaban J connectivity index is 2.29. The number of hydrogen-bond donors (Lipinski definition) is 1. The first-order valence-electron chi connectivity index (χ1n) is 4.77. The van der Waals surface area contributed by atoms with E-state index >= 15 is 0 Å². The Bertz CT molecular complexity index is 303. The van der Waals surface area contributed by atoms with Crippen LogP contribution in [0.2, 0.25) is 5.02 Å². The molecule has 1 aliphatic heterocycles. The molecule has 0 aromatic heterocycles. The number of hydrogen-bond acceptors (Lipinski definition) is 1. The van der Waals surface area contributed by atoms with E-state index in [1.165, 1.54) is 24.0 Å². The molecule has 0 radical (unpaired) electrons. The van der Waals surface area contributed by atoms with Crippen LogP contribution in [-0.2, 0) is 0 Å². The molecule has 1 unspecified atom stereocenters. The van der Waals surface area contributed by atoms with Crippen LogP contribution in [0.15, 0.2) is 18.2 Å². The smallest absolute Gasteiger partial charge is 0.0408 e. The van der Waals surface area contributed by atoms with Gasteiger partial charge >= 0.3 is 0 Å². The lowest BCUT2D eigenvalue weighted by molar-refractivity contribution is 0.644. The van der Waals surface area contributed by atoms with E-state index in [1.54, 1.807) is 0 Å². The van der Waals surface area contributed by atoms with Crippen molar-refractivity contribution in [2.45, 2.75) is 25.8 Å². The highest BCUT2D eigenvalue weighted by Gasteiger charge is 2.17. The van der Waals surface area contributed by atoms with Gasteiger partial charge in [-0.15, -0.1) is 0 Å². The minimum absolute atomic E-state index is 0.553. The van der Waals surface area contributed by atoms with Crippen LogP contribution in [0, 0.1) is 6.92 Å². The molecule has 1 fully saturated rings. The van der Waals surface area contributed by atoms with Gasteiger partial charge in [-0.1, -0.05) is 17.7 Å². The zero-order valence-electron chi connectivity index (χ0n) is 7.81. The van der Waals surface area contributed by atoms with Crippen molar-refractivity contribution < 1.29 is 0 Å². The summed E-state index contributed by atoms with van der Waals surface area (Å²) in [4.78, 5) is 0. The molecule has 0 bridgehead atoms. The summed E-state index contributed by atoms with van der Waals surface area (Å²) >= 11 is 5.90. The molecular formula is C11H14ClN. The van der Waals surface area contributed by atoms with Gasteiger partial charge in [0, 0.05) is 11.1 Å². The maximum atomic E-state index is 5.90. The second-order valence-electron chi connectivity index (χ2n) is 3.65. The fourth-order valence-corrected chi connectivity index (χ4v) is 2.21. The number of rotatable bonds is 1. The molecule has 1 nitrogen and oxygen atoms in total. The standard InChI is InChI=1S/C11H14ClN/c1-8-7-9(12)4-5-10(8)11-3-2-6-13-11/h4-5,7,11,13H,2-3,6H2,1H3. The Morgan fingerprint density at radius 3 is 2.92 bits per heavy atom. The molecule has 1 heterocycles. The third kappa shape index (κ3) is 1.87. The van der Waals surface area contributed by atoms with E-state index in [1.807, 2.05) is 12.1 Å². The monoisotopic (exact) mass is 195 g/mol.